The van der Waals surface area contributed by atoms with Crippen molar-refractivity contribution in [1.29, 1.82) is 0 Å². The Kier molecular flexibility index (Phi) is 2.75. The normalized spacial score (nSPS) is 51.4. The number of methoxy groups -OCH3 is 1. The van der Waals surface area contributed by atoms with Gasteiger partial charge in [0.1, 0.15) is 0 Å². The van der Waals surface area contributed by atoms with Crippen LogP contribution in [0.5, 0.6) is 0 Å². The molecule has 1 spiro atoms. The molecule has 0 amide bonds. The van der Waals surface area contributed by atoms with E-state index >= 15 is 0 Å². The SMILES string of the molecule is COC[C@H]1CCC[C@@]2(C1)[C@H]1CC[C@H](C1)[C@H]2N. The molecule has 2 heteroatoms. The molecule has 3 aliphatic rings. The maximum Gasteiger partial charge on any atom is 0.0490 e. The Morgan fingerprint density at radius 3 is 2.88 bits per heavy atom. The topological polar surface area (TPSA) is 35.2 Å². The Hall–Kier alpha value is -0.0800. The highest BCUT2D eigenvalue weighted by molar-refractivity contribution is 5.10. The first-order chi connectivity index (χ1) is 7.76. The fourth-order valence-electron chi connectivity index (χ4n) is 5.12. The first-order valence-electron chi connectivity index (χ1n) is 7.01. The van der Waals surface area contributed by atoms with Gasteiger partial charge < -0.3 is 10.5 Å². The van der Waals surface area contributed by atoms with E-state index in [0.29, 0.717) is 11.5 Å². The van der Waals surface area contributed by atoms with E-state index < -0.39 is 0 Å². The zero-order chi connectivity index (χ0) is 11.2. The minimum absolute atomic E-state index is 0.505. The van der Waals surface area contributed by atoms with Crippen molar-refractivity contribution >= 4 is 0 Å². The summed E-state index contributed by atoms with van der Waals surface area (Å²) in [4.78, 5) is 0. The lowest BCUT2D eigenvalue weighted by atomic mass is 9.60. The Balaban J connectivity index is 1.77. The van der Waals surface area contributed by atoms with Crippen molar-refractivity contribution in [2.24, 2.45) is 28.9 Å². The number of fused-ring (bicyclic) bond motifs is 3. The molecule has 3 saturated carbocycles. The van der Waals surface area contributed by atoms with Crippen molar-refractivity contribution < 1.29 is 4.74 Å². The first-order valence-corrected chi connectivity index (χ1v) is 7.01. The second kappa shape index (κ2) is 3.99. The van der Waals surface area contributed by atoms with Gasteiger partial charge >= 0.3 is 0 Å². The van der Waals surface area contributed by atoms with E-state index in [9.17, 15) is 0 Å². The summed E-state index contributed by atoms with van der Waals surface area (Å²) in [6.07, 6.45) is 9.78. The van der Waals surface area contributed by atoms with Crippen LogP contribution in [0.1, 0.15) is 44.9 Å². The highest BCUT2D eigenvalue weighted by atomic mass is 16.5. The van der Waals surface area contributed by atoms with E-state index in [1.165, 1.54) is 44.9 Å². The molecule has 0 heterocycles. The van der Waals surface area contributed by atoms with Crippen LogP contribution in [0.2, 0.25) is 0 Å². The molecule has 0 radical (unpaired) electrons. The lowest BCUT2D eigenvalue weighted by molar-refractivity contribution is 0.0196. The smallest absolute Gasteiger partial charge is 0.0490 e. The van der Waals surface area contributed by atoms with E-state index in [0.717, 1.165) is 24.4 Å². The van der Waals surface area contributed by atoms with Gasteiger partial charge in [-0.15, -0.1) is 0 Å². The maximum atomic E-state index is 6.55. The molecular weight excluding hydrogens is 198 g/mol. The molecule has 2 nitrogen and oxygen atoms in total. The van der Waals surface area contributed by atoms with Gasteiger partial charge in [-0.3, -0.25) is 0 Å². The molecule has 16 heavy (non-hydrogen) atoms. The summed E-state index contributed by atoms with van der Waals surface area (Å²) in [6, 6.07) is 0.505. The second-order valence-corrected chi connectivity index (χ2v) is 6.45. The molecule has 3 aliphatic carbocycles. The maximum absolute atomic E-state index is 6.55. The van der Waals surface area contributed by atoms with Crippen LogP contribution >= 0.6 is 0 Å². The van der Waals surface area contributed by atoms with Crippen LogP contribution in [0.4, 0.5) is 0 Å². The van der Waals surface area contributed by atoms with Gasteiger partial charge in [-0.05, 0) is 61.7 Å². The first kappa shape index (κ1) is 11.0. The van der Waals surface area contributed by atoms with Gasteiger partial charge in [0.15, 0.2) is 0 Å². The molecule has 0 aromatic rings. The fourth-order valence-corrected chi connectivity index (χ4v) is 5.12. The fraction of sp³-hybridized carbons (Fsp3) is 1.00. The highest BCUT2D eigenvalue weighted by Crippen LogP contribution is 2.61. The van der Waals surface area contributed by atoms with Crippen LogP contribution in [0, 0.1) is 23.2 Å². The monoisotopic (exact) mass is 223 g/mol. The van der Waals surface area contributed by atoms with E-state index in [2.05, 4.69) is 0 Å². The predicted molar refractivity (Wildman–Crippen MR) is 65.1 cm³/mol. The summed E-state index contributed by atoms with van der Waals surface area (Å²) in [7, 11) is 1.84. The summed E-state index contributed by atoms with van der Waals surface area (Å²) in [5.41, 5.74) is 7.07. The largest absolute Gasteiger partial charge is 0.384 e. The summed E-state index contributed by atoms with van der Waals surface area (Å²) < 4.78 is 5.36. The van der Waals surface area contributed by atoms with Crippen molar-refractivity contribution in [3.8, 4) is 0 Å². The van der Waals surface area contributed by atoms with Gasteiger partial charge in [-0.1, -0.05) is 6.42 Å². The Bertz CT molecular complexity index is 261. The van der Waals surface area contributed by atoms with Gasteiger partial charge in [0.25, 0.3) is 0 Å². The summed E-state index contributed by atoms with van der Waals surface area (Å²) in [6.45, 7) is 0.950. The van der Waals surface area contributed by atoms with Crippen LogP contribution in [0.3, 0.4) is 0 Å². The molecule has 2 N–H and O–H groups in total. The quantitative estimate of drug-likeness (QED) is 0.781. The van der Waals surface area contributed by atoms with Crippen molar-refractivity contribution in [1.82, 2.24) is 0 Å². The minimum atomic E-state index is 0.505. The average molecular weight is 223 g/mol. The van der Waals surface area contributed by atoms with E-state index in [1.807, 2.05) is 7.11 Å². The van der Waals surface area contributed by atoms with E-state index in [1.54, 1.807) is 0 Å². The van der Waals surface area contributed by atoms with E-state index in [-0.39, 0.29) is 0 Å². The van der Waals surface area contributed by atoms with Crippen LogP contribution in [0.15, 0.2) is 0 Å². The third-order valence-electron chi connectivity index (χ3n) is 5.78. The Morgan fingerprint density at radius 2 is 2.19 bits per heavy atom. The van der Waals surface area contributed by atoms with Gasteiger partial charge in [0.2, 0.25) is 0 Å². The number of ether oxygens (including phenoxy) is 1. The molecule has 0 aromatic carbocycles. The summed E-state index contributed by atoms with van der Waals surface area (Å²) >= 11 is 0. The summed E-state index contributed by atoms with van der Waals surface area (Å²) in [5.74, 6) is 2.59. The number of hydrogen-bond donors (Lipinski definition) is 1. The van der Waals surface area contributed by atoms with Crippen LogP contribution < -0.4 is 5.73 Å². The Morgan fingerprint density at radius 1 is 1.31 bits per heavy atom. The van der Waals surface area contributed by atoms with Gasteiger partial charge in [-0.2, -0.15) is 0 Å². The Labute approximate surface area is 98.9 Å². The third kappa shape index (κ3) is 1.46. The van der Waals surface area contributed by atoms with Gasteiger partial charge in [0.05, 0.1) is 0 Å². The lowest BCUT2D eigenvalue weighted by Gasteiger charge is -2.47. The molecule has 92 valence electrons. The highest BCUT2D eigenvalue weighted by Gasteiger charge is 2.57. The number of nitrogens with two attached hydrogens (primary N) is 1. The minimum Gasteiger partial charge on any atom is -0.384 e. The molecule has 0 saturated heterocycles. The lowest BCUT2D eigenvalue weighted by Crippen LogP contribution is -2.49. The summed E-state index contributed by atoms with van der Waals surface area (Å²) in [5, 5.41) is 0. The molecule has 2 bridgehead atoms. The molecule has 0 aliphatic heterocycles. The molecule has 0 aromatic heterocycles. The standard InChI is InChI=1S/C14H25NO/c1-16-9-10-3-2-6-14(8-10)12-5-4-11(7-12)13(14)15/h10-13H,2-9,15H2,1H3/t10-,11+,12-,13+,14+/m0/s1. The van der Waals surface area contributed by atoms with Gasteiger partial charge in [-0.25, -0.2) is 0 Å². The second-order valence-electron chi connectivity index (χ2n) is 6.45. The molecule has 0 unspecified atom stereocenters. The van der Waals surface area contributed by atoms with Gasteiger partial charge in [0, 0.05) is 19.8 Å². The van der Waals surface area contributed by atoms with Crippen LogP contribution in [-0.2, 0) is 4.74 Å². The molecule has 5 atom stereocenters. The molecular formula is C14H25NO. The zero-order valence-electron chi connectivity index (χ0n) is 10.5. The van der Waals surface area contributed by atoms with Crippen molar-refractivity contribution in [2.45, 2.75) is 51.0 Å². The predicted octanol–water partition coefficient (Wildman–Crippen LogP) is 2.57. The average Bonchev–Trinajstić information content (AvgIpc) is 2.84. The third-order valence-corrected chi connectivity index (χ3v) is 5.78. The van der Waals surface area contributed by atoms with Crippen LogP contribution in [-0.4, -0.2) is 19.8 Å². The van der Waals surface area contributed by atoms with E-state index in [4.69, 9.17) is 10.5 Å². The van der Waals surface area contributed by atoms with Crippen LogP contribution in [0.25, 0.3) is 0 Å². The zero-order valence-corrected chi connectivity index (χ0v) is 10.5. The van der Waals surface area contributed by atoms with Crippen molar-refractivity contribution in [3.63, 3.8) is 0 Å². The van der Waals surface area contributed by atoms with Crippen molar-refractivity contribution in [2.75, 3.05) is 13.7 Å². The number of rotatable bonds is 2. The molecule has 3 fully saturated rings. The van der Waals surface area contributed by atoms with Crippen molar-refractivity contribution in [3.05, 3.63) is 0 Å². The number of hydrogen-bond acceptors (Lipinski definition) is 2. The molecule has 3 rings (SSSR count).